The Kier molecular flexibility index (Phi) is 4.66. The van der Waals surface area contributed by atoms with Gasteiger partial charge in [-0.05, 0) is 30.4 Å². The van der Waals surface area contributed by atoms with Crippen molar-refractivity contribution >= 4 is 23.9 Å². The lowest BCUT2D eigenvalue weighted by Gasteiger charge is -2.06. The van der Waals surface area contributed by atoms with Crippen LogP contribution in [0.2, 0.25) is 0 Å². The van der Waals surface area contributed by atoms with Crippen molar-refractivity contribution in [3.63, 3.8) is 0 Å². The number of nitro groups is 1. The van der Waals surface area contributed by atoms with Crippen LogP contribution in [0.15, 0.2) is 58.9 Å². The molecule has 0 aliphatic rings. The summed E-state index contributed by atoms with van der Waals surface area (Å²) in [5, 5.41) is 18.2. The topological polar surface area (TPSA) is 125 Å². The highest BCUT2D eigenvalue weighted by molar-refractivity contribution is 5.80. The van der Waals surface area contributed by atoms with E-state index in [9.17, 15) is 10.1 Å². The van der Waals surface area contributed by atoms with E-state index in [-0.39, 0.29) is 11.6 Å². The molecule has 0 saturated heterocycles. The first-order chi connectivity index (χ1) is 10.6. The number of benzene rings is 1. The maximum atomic E-state index is 11.1. The van der Waals surface area contributed by atoms with E-state index in [0.29, 0.717) is 5.69 Å². The summed E-state index contributed by atoms with van der Waals surface area (Å²) in [6.45, 7) is 0. The lowest BCUT2D eigenvalue weighted by Crippen LogP contribution is -2.21. The first kappa shape index (κ1) is 15.0. The summed E-state index contributed by atoms with van der Waals surface area (Å²) >= 11 is 0. The third kappa shape index (κ3) is 3.57. The molecule has 1 heterocycles. The first-order valence-corrected chi connectivity index (χ1v) is 6.29. The molecule has 22 heavy (non-hydrogen) atoms. The van der Waals surface area contributed by atoms with Gasteiger partial charge in [0.15, 0.2) is 0 Å². The van der Waals surface area contributed by atoms with Gasteiger partial charge in [0.1, 0.15) is 5.69 Å². The number of nitrogens with two attached hydrogens (primary N) is 2. The van der Waals surface area contributed by atoms with Gasteiger partial charge in [-0.1, -0.05) is 12.1 Å². The van der Waals surface area contributed by atoms with Gasteiger partial charge in [-0.3, -0.25) is 10.1 Å². The van der Waals surface area contributed by atoms with Crippen LogP contribution in [-0.2, 0) is 0 Å². The fourth-order valence-electron chi connectivity index (χ4n) is 1.85. The minimum atomic E-state index is -0.414. The second kappa shape index (κ2) is 6.84. The molecule has 2 aromatic rings. The largest absolute Gasteiger partial charge is 0.369 e. The highest BCUT2D eigenvalue weighted by Gasteiger charge is 2.14. The molecule has 0 aliphatic heterocycles. The fraction of sp³-hybridized carbons (Fsp3) is 0. The molecule has 2 rings (SSSR count). The molecule has 1 aromatic carbocycles. The number of nitro benzene ring substituents is 1. The average Bonchev–Trinajstić information content (AvgIpc) is 2.94. The molecule has 0 radical (unpaired) electrons. The second-order valence-electron chi connectivity index (χ2n) is 4.20. The normalized spacial score (nSPS) is 11.1. The van der Waals surface area contributed by atoms with Crippen molar-refractivity contribution in [3.05, 3.63) is 64.5 Å². The molecule has 0 spiro atoms. The van der Waals surface area contributed by atoms with E-state index < -0.39 is 4.92 Å². The minimum Gasteiger partial charge on any atom is -0.369 e. The van der Waals surface area contributed by atoms with Gasteiger partial charge >= 0.3 is 0 Å². The molecule has 0 fully saturated rings. The SMILES string of the molecule is NC(N)=N/N=C\C=C\c1cccn1-c1ccccc1[N+](=O)[O-]. The maximum absolute atomic E-state index is 11.1. The second-order valence-corrected chi connectivity index (χ2v) is 4.20. The number of allylic oxidation sites excluding steroid dienone is 1. The number of nitrogens with zero attached hydrogens (tertiary/aromatic N) is 4. The average molecular weight is 298 g/mol. The molecule has 0 aliphatic carbocycles. The van der Waals surface area contributed by atoms with Crippen LogP contribution in [-0.4, -0.2) is 21.7 Å². The summed E-state index contributed by atoms with van der Waals surface area (Å²) in [4.78, 5) is 10.7. The Bertz CT molecular complexity index is 756. The molecule has 0 saturated carbocycles. The van der Waals surface area contributed by atoms with Crippen molar-refractivity contribution in [1.82, 2.24) is 4.57 Å². The van der Waals surface area contributed by atoms with Crippen LogP contribution in [0.5, 0.6) is 0 Å². The zero-order valence-corrected chi connectivity index (χ0v) is 11.5. The third-order valence-corrected chi connectivity index (χ3v) is 2.71. The minimum absolute atomic E-state index is 0.0301. The Hall–Kier alpha value is -3.42. The van der Waals surface area contributed by atoms with E-state index in [1.165, 1.54) is 12.3 Å². The molecule has 0 unspecified atom stereocenters. The molecule has 4 N–H and O–H groups in total. The van der Waals surface area contributed by atoms with Crippen LogP contribution in [0, 0.1) is 10.1 Å². The van der Waals surface area contributed by atoms with Crippen molar-refractivity contribution in [3.8, 4) is 5.69 Å². The van der Waals surface area contributed by atoms with Crippen LogP contribution in [0.1, 0.15) is 5.69 Å². The Morgan fingerprint density at radius 2 is 2.00 bits per heavy atom. The van der Waals surface area contributed by atoms with Gasteiger partial charge in [0, 0.05) is 24.2 Å². The van der Waals surface area contributed by atoms with Crippen molar-refractivity contribution in [2.24, 2.45) is 21.7 Å². The van der Waals surface area contributed by atoms with E-state index in [0.717, 1.165) is 5.69 Å². The van der Waals surface area contributed by atoms with E-state index in [4.69, 9.17) is 11.5 Å². The quantitative estimate of drug-likeness (QED) is 0.377. The van der Waals surface area contributed by atoms with Crippen LogP contribution in [0.25, 0.3) is 11.8 Å². The van der Waals surface area contributed by atoms with Crippen molar-refractivity contribution in [2.75, 3.05) is 0 Å². The number of para-hydroxylation sites is 2. The lowest BCUT2D eigenvalue weighted by atomic mass is 10.2. The monoisotopic (exact) mass is 298 g/mol. The van der Waals surface area contributed by atoms with Gasteiger partial charge in [0.05, 0.1) is 4.92 Å². The van der Waals surface area contributed by atoms with E-state index in [2.05, 4.69) is 10.2 Å². The molecular weight excluding hydrogens is 284 g/mol. The van der Waals surface area contributed by atoms with Gasteiger partial charge in [0.2, 0.25) is 5.96 Å². The van der Waals surface area contributed by atoms with Gasteiger partial charge in [-0.2, -0.15) is 5.10 Å². The van der Waals surface area contributed by atoms with E-state index in [1.54, 1.807) is 47.2 Å². The molecule has 8 nitrogen and oxygen atoms in total. The summed E-state index contributed by atoms with van der Waals surface area (Å²) in [6, 6.07) is 10.1. The lowest BCUT2D eigenvalue weighted by molar-refractivity contribution is -0.384. The zero-order valence-electron chi connectivity index (χ0n) is 11.5. The molecule has 112 valence electrons. The van der Waals surface area contributed by atoms with Crippen LogP contribution in [0.3, 0.4) is 0 Å². The number of hydrogen-bond acceptors (Lipinski definition) is 4. The Labute approximate surface area is 126 Å². The first-order valence-electron chi connectivity index (χ1n) is 6.29. The summed E-state index contributed by atoms with van der Waals surface area (Å²) in [6.07, 6.45) is 6.53. The van der Waals surface area contributed by atoms with Crippen molar-refractivity contribution in [2.45, 2.75) is 0 Å². The Morgan fingerprint density at radius 1 is 1.23 bits per heavy atom. The van der Waals surface area contributed by atoms with E-state index >= 15 is 0 Å². The number of hydrogen-bond donors (Lipinski definition) is 2. The van der Waals surface area contributed by atoms with E-state index in [1.807, 2.05) is 6.07 Å². The Balaban J connectivity index is 2.31. The smallest absolute Gasteiger partial charge is 0.293 e. The standard InChI is InChI=1S/C14H14N6O2/c15-14(16)18-17-9-3-5-11-6-4-10-19(11)12-7-1-2-8-13(12)20(21)22/h1-10H,(H4,15,16,18)/b5-3+,17-9-. The fourth-order valence-corrected chi connectivity index (χ4v) is 1.85. The Morgan fingerprint density at radius 3 is 2.73 bits per heavy atom. The van der Waals surface area contributed by atoms with Crippen LogP contribution in [0.4, 0.5) is 5.69 Å². The zero-order chi connectivity index (χ0) is 15.9. The van der Waals surface area contributed by atoms with Gasteiger partial charge in [-0.15, -0.1) is 5.10 Å². The predicted octanol–water partition coefficient (Wildman–Crippen LogP) is 1.66. The van der Waals surface area contributed by atoms with Crippen LogP contribution >= 0.6 is 0 Å². The number of guanidine groups is 1. The molecule has 1 aromatic heterocycles. The summed E-state index contributed by atoms with van der Waals surface area (Å²) in [5.41, 5.74) is 11.5. The van der Waals surface area contributed by atoms with Crippen molar-refractivity contribution < 1.29 is 4.92 Å². The highest BCUT2D eigenvalue weighted by Crippen LogP contribution is 2.24. The molecule has 8 heteroatoms. The highest BCUT2D eigenvalue weighted by atomic mass is 16.6. The summed E-state index contributed by atoms with van der Waals surface area (Å²) in [7, 11) is 0. The summed E-state index contributed by atoms with van der Waals surface area (Å²) < 4.78 is 1.71. The maximum Gasteiger partial charge on any atom is 0.293 e. The van der Waals surface area contributed by atoms with Crippen molar-refractivity contribution in [1.29, 1.82) is 0 Å². The molecular formula is C14H14N6O2. The molecule has 0 amide bonds. The van der Waals surface area contributed by atoms with Gasteiger partial charge < -0.3 is 16.0 Å². The van der Waals surface area contributed by atoms with Gasteiger partial charge in [-0.25, -0.2) is 0 Å². The molecule has 0 bridgehead atoms. The predicted molar refractivity (Wildman–Crippen MR) is 85.8 cm³/mol. The third-order valence-electron chi connectivity index (χ3n) is 2.71. The van der Waals surface area contributed by atoms with Crippen LogP contribution < -0.4 is 11.5 Å². The summed E-state index contributed by atoms with van der Waals surface area (Å²) in [5.74, 6) is -0.132. The number of rotatable bonds is 5. The number of aromatic nitrogens is 1. The van der Waals surface area contributed by atoms with Gasteiger partial charge in [0.25, 0.3) is 5.69 Å². The molecule has 0 atom stereocenters.